The number of rotatable bonds is 8. The third kappa shape index (κ3) is 5.33. The number of amides is 1. The summed E-state index contributed by atoms with van der Waals surface area (Å²) in [4.78, 5) is 15.4. The third-order valence-electron chi connectivity index (χ3n) is 5.42. The predicted molar refractivity (Wildman–Crippen MR) is 120 cm³/mol. The Morgan fingerprint density at radius 1 is 1.16 bits per heavy atom. The van der Waals surface area contributed by atoms with E-state index in [-0.39, 0.29) is 11.7 Å². The van der Waals surface area contributed by atoms with Gasteiger partial charge in [0.25, 0.3) is 5.91 Å². The zero-order chi connectivity index (χ0) is 22.3. The molecule has 1 saturated heterocycles. The van der Waals surface area contributed by atoms with E-state index in [0.29, 0.717) is 29.4 Å². The fourth-order valence-electron chi connectivity index (χ4n) is 3.67. The molecule has 4 rings (SSSR count). The average molecular weight is 439 g/mol. The molecule has 1 amide bonds. The van der Waals surface area contributed by atoms with Gasteiger partial charge in [-0.05, 0) is 55.4 Å². The van der Waals surface area contributed by atoms with Crippen LogP contribution in [-0.4, -0.2) is 67.1 Å². The van der Waals surface area contributed by atoms with Crippen molar-refractivity contribution in [2.45, 2.75) is 6.42 Å². The minimum absolute atomic E-state index is 0.224. The normalized spacial score (nSPS) is 14.3. The summed E-state index contributed by atoms with van der Waals surface area (Å²) in [6, 6.07) is 15.2. The highest BCUT2D eigenvalue weighted by atomic mass is 19.1. The smallest absolute Gasteiger partial charge is 0.270 e. The maximum Gasteiger partial charge on any atom is 0.270 e. The van der Waals surface area contributed by atoms with Gasteiger partial charge < -0.3 is 14.8 Å². The van der Waals surface area contributed by atoms with Crippen LogP contribution in [0.15, 0.2) is 54.6 Å². The van der Waals surface area contributed by atoms with Crippen molar-refractivity contribution in [3.8, 4) is 22.7 Å². The van der Waals surface area contributed by atoms with Crippen molar-refractivity contribution in [3.63, 3.8) is 0 Å². The van der Waals surface area contributed by atoms with Crippen molar-refractivity contribution in [2.24, 2.45) is 0 Å². The standard InChI is InChI=1S/C24H27FN4O3/c1-31-21-5-2-4-18(16-21)22-17-23(29(27-22)20-8-6-19(25)7-9-20)24(30)26-10-3-11-28-12-14-32-15-13-28/h2,4-9,16-17H,3,10-15H2,1H3,(H,26,30). The highest BCUT2D eigenvalue weighted by Gasteiger charge is 2.18. The van der Waals surface area contributed by atoms with Gasteiger partial charge in [-0.15, -0.1) is 0 Å². The van der Waals surface area contributed by atoms with E-state index < -0.39 is 0 Å². The second-order valence-corrected chi connectivity index (χ2v) is 7.60. The summed E-state index contributed by atoms with van der Waals surface area (Å²) >= 11 is 0. The van der Waals surface area contributed by atoms with E-state index in [2.05, 4.69) is 15.3 Å². The van der Waals surface area contributed by atoms with E-state index >= 15 is 0 Å². The number of hydrogen-bond acceptors (Lipinski definition) is 5. The largest absolute Gasteiger partial charge is 0.497 e. The Balaban J connectivity index is 1.52. The number of nitrogens with zero attached hydrogens (tertiary/aromatic N) is 3. The summed E-state index contributed by atoms with van der Waals surface area (Å²) in [6.07, 6.45) is 0.846. The third-order valence-corrected chi connectivity index (χ3v) is 5.42. The van der Waals surface area contributed by atoms with Crippen LogP contribution in [0.4, 0.5) is 4.39 Å². The molecule has 0 unspecified atom stereocenters. The van der Waals surface area contributed by atoms with Gasteiger partial charge in [-0.3, -0.25) is 9.69 Å². The van der Waals surface area contributed by atoms with Crippen molar-refractivity contribution < 1.29 is 18.7 Å². The van der Waals surface area contributed by atoms with Gasteiger partial charge in [-0.1, -0.05) is 12.1 Å². The summed E-state index contributed by atoms with van der Waals surface area (Å²) in [7, 11) is 1.60. The average Bonchev–Trinajstić information content (AvgIpc) is 3.28. The Hall–Kier alpha value is -3.23. The Morgan fingerprint density at radius 2 is 1.94 bits per heavy atom. The quantitative estimate of drug-likeness (QED) is 0.548. The first-order valence-electron chi connectivity index (χ1n) is 10.7. The van der Waals surface area contributed by atoms with Crippen LogP contribution in [0.3, 0.4) is 0 Å². The Kier molecular flexibility index (Phi) is 7.14. The van der Waals surface area contributed by atoms with Crippen LogP contribution in [0.5, 0.6) is 5.75 Å². The lowest BCUT2D eigenvalue weighted by molar-refractivity contribution is 0.0374. The zero-order valence-corrected chi connectivity index (χ0v) is 18.1. The lowest BCUT2D eigenvalue weighted by Gasteiger charge is -2.26. The second kappa shape index (κ2) is 10.4. The molecular weight excluding hydrogens is 411 g/mol. The minimum atomic E-state index is -0.344. The van der Waals surface area contributed by atoms with E-state index in [1.807, 2.05) is 24.3 Å². The number of benzene rings is 2. The van der Waals surface area contributed by atoms with Gasteiger partial charge in [-0.2, -0.15) is 5.10 Å². The van der Waals surface area contributed by atoms with Gasteiger partial charge in [-0.25, -0.2) is 9.07 Å². The number of nitrogens with one attached hydrogen (secondary N) is 1. The van der Waals surface area contributed by atoms with E-state index in [4.69, 9.17) is 9.47 Å². The zero-order valence-electron chi connectivity index (χ0n) is 18.1. The minimum Gasteiger partial charge on any atom is -0.497 e. The topological polar surface area (TPSA) is 68.6 Å². The van der Waals surface area contributed by atoms with Crippen molar-refractivity contribution >= 4 is 5.91 Å². The fraction of sp³-hybridized carbons (Fsp3) is 0.333. The number of ether oxygens (including phenoxy) is 2. The van der Waals surface area contributed by atoms with Crippen molar-refractivity contribution in [1.29, 1.82) is 0 Å². The molecule has 0 radical (unpaired) electrons. The summed E-state index contributed by atoms with van der Waals surface area (Å²) in [5.41, 5.74) is 2.46. The number of methoxy groups -OCH3 is 1. The fourth-order valence-corrected chi connectivity index (χ4v) is 3.67. The molecule has 0 spiro atoms. The highest BCUT2D eigenvalue weighted by molar-refractivity contribution is 5.94. The molecule has 1 aliphatic rings. The molecule has 0 atom stereocenters. The molecule has 168 valence electrons. The molecule has 8 heteroatoms. The molecule has 1 fully saturated rings. The Labute approximate surface area is 186 Å². The molecular formula is C24H27FN4O3. The van der Waals surface area contributed by atoms with Gasteiger partial charge >= 0.3 is 0 Å². The van der Waals surface area contributed by atoms with Crippen LogP contribution >= 0.6 is 0 Å². The molecule has 1 N–H and O–H groups in total. The summed E-state index contributed by atoms with van der Waals surface area (Å²) < 4.78 is 25.7. The maximum absolute atomic E-state index is 13.4. The first-order valence-corrected chi connectivity index (χ1v) is 10.7. The number of hydrogen-bond donors (Lipinski definition) is 1. The first kappa shape index (κ1) is 22.0. The Bertz CT molecular complexity index is 1050. The van der Waals surface area contributed by atoms with Crippen molar-refractivity contribution in [1.82, 2.24) is 20.0 Å². The van der Waals surface area contributed by atoms with Crippen LogP contribution in [0.2, 0.25) is 0 Å². The molecule has 7 nitrogen and oxygen atoms in total. The molecule has 2 aromatic carbocycles. The van der Waals surface area contributed by atoms with Crippen LogP contribution in [0.25, 0.3) is 16.9 Å². The van der Waals surface area contributed by atoms with Crippen LogP contribution in [0, 0.1) is 5.82 Å². The van der Waals surface area contributed by atoms with Crippen molar-refractivity contribution in [3.05, 3.63) is 66.1 Å². The summed E-state index contributed by atoms with van der Waals surface area (Å²) in [5, 5.41) is 7.63. The van der Waals surface area contributed by atoms with Crippen LogP contribution in [0.1, 0.15) is 16.9 Å². The summed E-state index contributed by atoms with van der Waals surface area (Å²) in [5.74, 6) is 0.133. The molecule has 0 aliphatic carbocycles. The van der Waals surface area contributed by atoms with Gasteiger partial charge in [0.2, 0.25) is 0 Å². The van der Waals surface area contributed by atoms with Crippen LogP contribution < -0.4 is 10.1 Å². The van der Waals surface area contributed by atoms with Gasteiger partial charge in [0, 0.05) is 25.2 Å². The van der Waals surface area contributed by atoms with E-state index in [9.17, 15) is 9.18 Å². The molecule has 1 aromatic heterocycles. The molecule has 1 aliphatic heterocycles. The number of halogens is 1. The molecule has 2 heterocycles. The monoisotopic (exact) mass is 438 g/mol. The van der Waals surface area contributed by atoms with Gasteiger partial charge in [0.1, 0.15) is 17.3 Å². The number of aromatic nitrogens is 2. The maximum atomic E-state index is 13.4. The highest BCUT2D eigenvalue weighted by Crippen LogP contribution is 2.25. The van der Waals surface area contributed by atoms with Crippen LogP contribution in [-0.2, 0) is 4.74 Å². The number of carbonyl (C=O) groups excluding carboxylic acids is 1. The molecule has 32 heavy (non-hydrogen) atoms. The van der Waals surface area contributed by atoms with E-state index in [1.165, 1.54) is 12.1 Å². The SMILES string of the molecule is COc1cccc(-c2cc(C(=O)NCCCN3CCOCC3)n(-c3ccc(F)cc3)n2)c1. The number of morpholine rings is 1. The molecule has 3 aromatic rings. The lowest BCUT2D eigenvalue weighted by atomic mass is 10.1. The van der Waals surface area contributed by atoms with E-state index in [0.717, 1.165) is 44.8 Å². The van der Waals surface area contributed by atoms with Crippen molar-refractivity contribution in [2.75, 3.05) is 46.5 Å². The molecule has 0 bridgehead atoms. The first-order chi connectivity index (χ1) is 15.6. The lowest BCUT2D eigenvalue weighted by Crippen LogP contribution is -2.38. The second-order valence-electron chi connectivity index (χ2n) is 7.60. The van der Waals surface area contributed by atoms with E-state index in [1.54, 1.807) is 30.0 Å². The number of carbonyl (C=O) groups is 1. The molecule has 0 saturated carbocycles. The van der Waals surface area contributed by atoms with Gasteiger partial charge in [0.15, 0.2) is 0 Å². The summed E-state index contributed by atoms with van der Waals surface area (Å²) in [6.45, 7) is 4.84. The Morgan fingerprint density at radius 3 is 2.69 bits per heavy atom. The van der Waals surface area contributed by atoms with Gasteiger partial charge in [0.05, 0.1) is 31.7 Å². The predicted octanol–water partition coefficient (Wildman–Crippen LogP) is 3.14.